The van der Waals surface area contributed by atoms with E-state index in [1.165, 1.54) is 0 Å². The summed E-state index contributed by atoms with van der Waals surface area (Å²) >= 11 is 0. The van der Waals surface area contributed by atoms with Gasteiger partial charge in [0.2, 0.25) is 0 Å². The fourth-order valence-electron chi connectivity index (χ4n) is 3.57. The number of rotatable bonds is 6. The molecule has 1 N–H and O–H groups in total. The van der Waals surface area contributed by atoms with Crippen LogP contribution in [0.25, 0.3) is 0 Å². The summed E-state index contributed by atoms with van der Waals surface area (Å²) < 4.78 is 5.86. The Morgan fingerprint density at radius 3 is 2.20 bits per heavy atom. The number of amides is 1. The molecule has 0 bridgehead atoms. The Morgan fingerprint density at radius 1 is 1.20 bits per heavy atom. The third-order valence-corrected chi connectivity index (χ3v) is 4.68. The van der Waals surface area contributed by atoms with Gasteiger partial charge in [-0.3, -0.25) is 0 Å². The summed E-state index contributed by atoms with van der Waals surface area (Å²) in [6, 6.07) is 0.142. The smallest absolute Gasteiger partial charge is 0.410 e. The maximum absolute atomic E-state index is 12.8. The molecular weight excluding hydrogens is 314 g/mol. The molecule has 4 nitrogen and oxygen atoms in total. The van der Waals surface area contributed by atoms with Gasteiger partial charge in [-0.15, -0.1) is 0 Å². The summed E-state index contributed by atoms with van der Waals surface area (Å²) in [5.41, 5.74) is 0.246. The molecule has 1 saturated carbocycles. The van der Waals surface area contributed by atoms with E-state index in [1.807, 2.05) is 53.7 Å². The molecule has 0 aromatic heterocycles. The number of hydrogen-bond donors (Lipinski definition) is 1. The number of aliphatic hydroxyl groups is 1. The van der Waals surface area contributed by atoms with Gasteiger partial charge in [-0.05, 0) is 78.4 Å². The first-order valence-electron chi connectivity index (χ1n) is 9.58. The second kappa shape index (κ2) is 8.88. The number of allylic oxidation sites excluding steroid dienone is 2. The topological polar surface area (TPSA) is 49.8 Å². The molecule has 25 heavy (non-hydrogen) atoms. The van der Waals surface area contributed by atoms with E-state index in [4.69, 9.17) is 4.74 Å². The van der Waals surface area contributed by atoms with Crippen molar-refractivity contribution in [2.24, 2.45) is 11.8 Å². The second-order valence-electron chi connectivity index (χ2n) is 8.55. The SMILES string of the molecule is CC(C)/C=C/C(OC(=O)N(C(C)C)C(C)C)=C1\CCC[C@H]1C(C)(C)O. The number of hydrogen-bond acceptors (Lipinski definition) is 3. The molecule has 1 aliphatic rings. The van der Waals surface area contributed by atoms with Crippen LogP contribution < -0.4 is 0 Å². The summed E-state index contributed by atoms with van der Waals surface area (Å²) in [5, 5.41) is 10.5. The van der Waals surface area contributed by atoms with Crippen LogP contribution in [0.2, 0.25) is 0 Å². The highest BCUT2D eigenvalue weighted by molar-refractivity contribution is 5.70. The number of nitrogens with zero attached hydrogens (tertiary/aromatic N) is 1. The molecule has 1 fully saturated rings. The van der Waals surface area contributed by atoms with Crippen molar-refractivity contribution in [2.75, 3.05) is 0 Å². The van der Waals surface area contributed by atoms with Gasteiger partial charge in [-0.2, -0.15) is 0 Å². The van der Waals surface area contributed by atoms with Crippen LogP contribution in [0, 0.1) is 11.8 Å². The number of ether oxygens (including phenoxy) is 1. The van der Waals surface area contributed by atoms with Gasteiger partial charge in [0.05, 0.1) is 5.60 Å². The van der Waals surface area contributed by atoms with E-state index in [-0.39, 0.29) is 24.1 Å². The monoisotopic (exact) mass is 351 g/mol. The molecule has 0 spiro atoms. The van der Waals surface area contributed by atoms with Crippen LogP contribution in [0.15, 0.2) is 23.5 Å². The van der Waals surface area contributed by atoms with Gasteiger partial charge < -0.3 is 14.7 Å². The van der Waals surface area contributed by atoms with Crippen molar-refractivity contribution >= 4 is 6.09 Å². The lowest BCUT2D eigenvalue weighted by molar-refractivity contribution is 0.0326. The van der Waals surface area contributed by atoms with Crippen LogP contribution in [0.1, 0.15) is 74.7 Å². The molecule has 0 saturated heterocycles. The summed E-state index contributed by atoms with van der Waals surface area (Å²) in [4.78, 5) is 14.5. The molecule has 1 atom stereocenters. The maximum atomic E-state index is 12.8. The van der Waals surface area contributed by atoms with Gasteiger partial charge >= 0.3 is 6.09 Å². The predicted octanol–water partition coefficient (Wildman–Crippen LogP) is 5.28. The lowest BCUT2D eigenvalue weighted by Gasteiger charge is -2.31. The lowest BCUT2D eigenvalue weighted by Crippen LogP contribution is -2.42. The van der Waals surface area contributed by atoms with Gasteiger partial charge in [-0.25, -0.2) is 4.79 Å². The minimum absolute atomic E-state index is 0.0265. The molecule has 1 aliphatic carbocycles. The van der Waals surface area contributed by atoms with Crippen molar-refractivity contribution in [3.8, 4) is 0 Å². The fourth-order valence-corrected chi connectivity index (χ4v) is 3.57. The van der Waals surface area contributed by atoms with Crippen LogP contribution in [-0.4, -0.2) is 33.8 Å². The highest BCUT2D eigenvalue weighted by Gasteiger charge is 2.36. The van der Waals surface area contributed by atoms with Crippen LogP contribution >= 0.6 is 0 Å². The Kier molecular flexibility index (Phi) is 7.73. The normalized spacial score (nSPS) is 20.9. The third-order valence-electron chi connectivity index (χ3n) is 4.68. The molecule has 4 heteroatoms. The van der Waals surface area contributed by atoms with Crippen molar-refractivity contribution in [3.63, 3.8) is 0 Å². The Balaban J connectivity index is 3.21. The molecule has 0 heterocycles. The van der Waals surface area contributed by atoms with E-state index >= 15 is 0 Å². The molecule has 144 valence electrons. The molecule has 0 unspecified atom stereocenters. The summed E-state index contributed by atoms with van der Waals surface area (Å²) in [7, 11) is 0. The van der Waals surface area contributed by atoms with Crippen molar-refractivity contribution in [1.29, 1.82) is 0 Å². The Labute approximate surface area is 153 Å². The van der Waals surface area contributed by atoms with E-state index < -0.39 is 5.60 Å². The molecule has 0 radical (unpaired) electrons. The van der Waals surface area contributed by atoms with Gasteiger partial charge in [0.1, 0.15) is 5.76 Å². The zero-order valence-corrected chi connectivity index (χ0v) is 17.3. The van der Waals surface area contributed by atoms with Crippen molar-refractivity contribution in [2.45, 2.75) is 92.3 Å². The minimum Gasteiger partial charge on any atom is -0.410 e. The molecule has 0 aromatic carbocycles. The molecule has 1 amide bonds. The molecule has 0 aliphatic heterocycles. The fraction of sp³-hybridized carbons (Fsp3) is 0.762. The highest BCUT2D eigenvalue weighted by Crippen LogP contribution is 2.41. The Morgan fingerprint density at radius 2 is 1.76 bits per heavy atom. The van der Waals surface area contributed by atoms with E-state index in [1.54, 1.807) is 4.90 Å². The van der Waals surface area contributed by atoms with E-state index in [0.29, 0.717) is 11.7 Å². The van der Waals surface area contributed by atoms with E-state index in [9.17, 15) is 9.90 Å². The van der Waals surface area contributed by atoms with E-state index in [0.717, 1.165) is 24.8 Å². The van der Waals surface area contributed by atoms with Crippen LogP contribution in [0.5, 0.6) is 0 Å². The quantitative estimate of drug-likeness (QED) is 0.662. The largest absolute Gasteiger partial charge is 0.415 e. The highest BCUT2D eigenvalue weighted by atomic mass is 16.6. The van der Waals surface area contributed by atoms with Crippen LogP contribution in [0.4, 0.5) is 4.79 Å². The third kappa shape index (κ3) is 6.18. The second-order valence-corrected chi connectivity index (χ2v) is 8.55. The molecule has 1 rings (SSSR count). The van der Waals surface area contributed by atoms with Gasteiger partial charge in [0.25, 0.3) is 0 Å². The first-order chi connectivity index (χ1) is 11.4. The van der Waals surface area contributed by atoms with Crippen molar-refractivity contribution in [3.05, 3.63) is 23.5 Å². The zero-order chi connectivity index (χ0) is 19.4. The summed E-state index contributed by atoms with van der Waals surface area (Å²) in [6.07, 6.45) is 6.45. The summed E-state index contributed by atoms with van der Waals surface area (Å²) in [5.74, 6) is 1.01. The minimum atomic E-state index is -0.815. The van der Waals surface area contributed by atoms with Crippen molar-refractivity contribution < 1.29 is 14.6 Å². The van der Waals surface area contributed by atoms with Gasteiger partial charge in [0.15, 0.2) is 0 Å². The van der Waals surface area contributed by atoms with Gasteiger partial charge in [-0.1, -0.05) is 19.9 Å². The first-order valence-corrected chi connectivity index (χ1v) is 9.58. The van der Waals surface area contributed by atoms with Crippen LogP contribution in [-0.2, 0) is 4.74 Å². The Hall–Kier alpha value is -1.29. The average molecular weight is 352 g/mol. The summed E-state index contributed by atoms with van der Waals surface area (Å²) in [6.45, 7) is 15.8. The zero-order valence-electron chi connectivity index (χ0n) is 17.3. The van der Waals surface area contributed by atoms with Crippen molar-refractivity contribution in [1.82, 2.24) is 4.90 Å². The molecular formula is C21H37NO3. The molecule has 0 aromatic rings. The Bertz CT molecular complexity index is 502. The average Bonchev–Trinajstić information content (AvgIpc) is 2.91. The predicted molar refractivity (Wildman–Crippen MR) is 103 cm³/mol. The van der Waals surface area contributed by atoms with Gasteiger partial charge in [0, 0.05) is 18.0 Å². The number of carbonyl (C=O) groups is 1. The standard InChI is InChI=1S/C21H37NO3/c1-14(2)12-13-19(17-10-9-11-18(17)21(7,8)24)25-20(23)22(15(3)4)16(5)6/h12-16,18,24H,9-11H2,1-8H3/b13-12+,19-17-/t18-/m1/s1. The lowest BCUT2D eigenvalue weighted by atomic mass is 9.85. The first kappa shape index (κ1) is 21.8. The maximum Gasteiger partial charge on any atom is 0.415 e. The van der Waals surface area contributed by atoms with Crippen LogP contribution in [0.3, 0.4) is 0 Å². The number of carbonyl (C=O) groups excluding carboxylic acids is 1. The van der Waals surface area contributed by atoms with E-state index in [2.05, 4.69) is 13.8 Å².